The third kappa shape index (κ3) is 4.60. The number of carbonyl (C=O) groups excluding carboxylic acids is 2. The Hall–Kier alpha value is -3.34. The number of nitrogens with one attached hydrogen (secondary N) is 1. The monoisotopic (exact) mass is 349 g/mol. The second-order valence-electron chi connectivity index (χ2n) is 5.80. The van der Waals surface area contributed by atoms with Gasteiger partial charge in [-0.25, -0.2) is 0 Å². The number of esters is 1. The zero-order valence-corrected chi connectivity index (χ0v) is 14.4. The van der Waals surface area contributed by atoms with Gasteiger partial charge in [0.15, 0.2) is 6.61 Å². The van der Waals surface area contributed by atoms with E-state index >= 15 is 0 Å². The van der Waals surface area contributed by atoms with Crippen LogP contribution in [0.25, 0.3) is 10.8 Å². The van der Waals surface area contributed by atoms with Gasteiger partial charge >= 0.3 is 5.97 Å². The van der Waals surface area contributed by atoms with Crippen molar-refractivity contribution in [3.63, 3.8) is 0 Å². The minimum Gasteiger partial charge on any atom is -0.484 e. The van der Waals surface area contributed by atoms with E-state index in [0.717, 1.165) is 16.3 Å². The summed E-state index contributed by atoms with van der Waals surface area (Å²) >= 11 is 0. The summed E-state index contributed by atoms with van der Waals surface area (Å²) in [6.45, 7) is -0.0811. The number of methoxy groups -OCH3 is 1. The van der Waals surface area contributed by atoms with Crippen LogP contribution in [0.5, 0.6) is 5.75 Å². The van der Waals surface area contributed by atoms with Crippen molar-refractivity contribution in [2.75, 3.05) is 19.0 Å². The molecule has 1 amide bonds. The largest absolute Gasteiger partial charge is 0.484 e. The van der Waals surface area contributed by atoms with E-state index in [0.29, 0.717) is 11.4 Å². The van der Waals surface area contributed by atoms with Crippen molar-refractivity contribution in [3.05, 3.63) is 72.3 Å². The lowest BCUT2D eigenvalue weighted by Gasteiger charge is -2.09. The average molecular weight is 349 g/mol. The van der Waals surface area contributed by atoms with Crippen LogP contribution in [-0.4, -0.2) is 25.6 Å². The summed E-state index contributed by atoms with van der Waals surface area (Å²) < 4.78 is 10.2. The second kappa shape index (κ2) is 8.16. The van der Waals surface area contributed by atoms with E-state index < -0.39 is 0 Å². The summed E-state index contributed by atoms with van der Waals surface area (Å²) in [4.78, 5) is 23.3. The molecule has 5 heteroatoms. The van der Waals surface area contributed by atoms with E-state index in [4.69, 9.17) is 4.74 Å². The van der Waals surface area contributed by atoms with Crippen LogP contribution in [0.3, 0.4) is 0 Å². The number of fused-ring (bicyclic) bond motifs is 1. The number of hydrogen-bond acceptors (Lipinski definition) is 4. The highest BCUT2D eigenvalue weighted by atomic mass is 16.5. The van der Waals surface area contributed by atoms with Gasteiger partial charge in [0, 0.05) is 5.69 Å². The molecule has 0 bridgehead atoms. The van der Waals surface area contributed by atoms with Gasteiger partial charge in [0.05, 0.1) is 13.5 Å². The molecule has 26 heavy (non-hydrogen) atoms. The first kappa shape index (κ1) is 17.5. The van der Waals surface area contributed by atoms with Gasteiger partial charge in [0.1, 0.15) is 5.75 Å². The zero-order chi connectivity index (χ0) is 18.4. The van der Waals surface area contributed by atoms with Crippen LogP contribution < -0.4 is 10.1 Å². The van der Waals surface area contributed by atoms with Gasteiger partial charge in [0.2, 0.25) is 0 Å². The molecule has 0 saturated carbocycles. The summed E-state index contributed by atoms with van der Waals surface area (Å²) in [6, 6.07) is 20.7. The van der Waals surface area contributed by atoms with Crippen molar-refractivity contribution in [1.82, 2.24) is 0 Å². The number of anilines is 1. The SMILES string of the molecule is COC(=O)Cc1ccc(NC(=O)COc2ccc3ccccc3c2)cc1. The molecule has 0 fully saturated rings. The molecular formula is C21H19NO4. The maximum absolute atomic E-state index is 12.0. The summed E-state index contributed by atoms with van der Waals surface area (Å²) in [5.41, 5.74) is 1.47. The van der Waals surface area contributed by atoms with Crippen molar-refractivity contribution >= 4 is 28.3 Å². The van der Waals surface area contributed by atoms with E-state index in [1.807, 2.05) is 42.5 Å². The van der Waals surface area contributed by atoms with Crippen molar-refractivity contribution in [3.8, 4) is 5.75 Å². The van der Waals surface area contributed by atoms with Gasteiger partial charge < -0.3 is 14.8 Å². The summed E-state index contributed by atoms with van der Waals surface area (Å²) in [5.74, 6) is 0.0942. The molecule has 0 saturated heterocycles. The van der Waals surface area contributed by atoms with Crippen LogP contribution >= 0.6 is 0 Å². The fourth-order valence-electron chi connectivity index (χ4n) is 2.55. The summed E-state index contributed by atoms with van der Waals surface area (Å²) in [5, 5.41) is 4.95. The van der Waals surface area contributed by atoms with E-state index in [1.165, 1.54) is 7.11 Å². The number of carbonyl (C=O) groups is 2. The van der Waals surface area contributed by atoms with E-state index in [1.54, 1.807) is 24.3 Å². The van der Waals surface area contributed by atoms with E-state index in [-0.39, 0.29) is 24.9 Å². The normalized spacial score (nSPS) is 10.3. The Bertz CT molecular complexity index is 919. The summed E-state index contributed by atoms with van der Waals surface area (Å²) in [7, 11) is 1.35. The highest BCUT2D eigenvalue weighted by molar-refractivity contribution is 5.92. The van der Waals surface area contributed by atoms with Crippen LogP contribution in [0.1, 0.15) is 5.56 Å². The van der Waals surface area contributed by atoms with Crippen LogP contribution in [0.2, 0.25) is 0 Å². The molecule has 0 radical (unpaired) electrons. The van der Waals surface area contributed by atoms with Gasteiger partial charge in [-0.1, -0.05) is 42.5 Å². The lowest BCUT2D eigenvalue weighted by molar-refractivity contribution is -0.139. The Balaban J connectivity index is 1.54. The van der Waals surface area contributed by atoms with Gasteiger partial charge in [-0.2, -0.15) is 0 Å². The minimum absolute atomic E-state index is 0.0811. The molecule has 5 nitrogen and oxygen atoms in total. The van der Waals surface area contributed by atoms with Crippen LogP contribution in [0.4, 0.5) is 5.69 Å². The predicted octanol–water partition coefficient (Wildman–Crippen LogP) is 3.57. The Morgan fingerprint density at radius 1 is 0.923 bits per heavy atom. The van der Waals surface area contributed by atoms with Crippen LogP contribution in [-0.2, 0) is 20.7 Å². The molecule has 0 aliphatic rings. The highest BCUT2D eigenvalue weighted by Crippen LogP contribution is 2.20. The first-order valence-electron chi connectivity index (χ1n) is 8.21. The third-order valence-corrected chi connectivity index (χ3v) is 3.90. The van der Waals surface area contributed by atoms with Crippen LogP contribution in [0.15, 0.2) is 66.7 Å². The van der Waals surface area contributed by atoms with Gasteiger partial charge in [-0.15, -0.1) is 0 Å². The van der Waals surface area contributed by atoms with Gasteiger partial charge in [0.25, 0.3) is 5.91 Å². The maximum Gasteiger partial charge on any atom is 0.309 e. The molecule has 1 N–H and O–H groups in total. The Morgan fingerprint density at radius 3 is 2.38 bits per heavy atom. The Labute approximate surface area is 151 Å². The molecule has 0 unspecified atom stereocenters. The number of ether oxygens (including phenoxy) is 2. The standard InChI is InChI=1S/C21H19NO4/c1-25-21(24)12-15-6-9-18(10-7-15)22-20(23)14-26-19-11-8-16-4-2-3-5-17(16)13-19/h2-11,13H,12,14H2,1H3,(H,22,23). The molecule has 0 aliphatic heterocycles. The molecule has 3 rings (SSSR count). The van der Waals surface area contributed by atoms with Crippen molar-refractivity contribution in [2.45, 2.75) is 6.42 Å². The predicted molar refractivity (Wildman–Crippen MR) is 100 cm³/mol. The maximum atomic E-state index is 12.0. The molecule has 0 atom stereocenters. The quantitative estimate of drug-likeness (QED) is 0.691. The number of hydrogen-bond donors (Lipinski definition) is 1. The van der Waals surface area contributed by atoms with Gasteiger partial charge in [-0.05, 0) is 40.6 Å². The summed E-state index contributed by atoms with van der Waals surface area (Å²) in [6.07, 6.45) is 0.204. The zero-order valence-electron chi connectivity index (χ0n) is 14.4. The lowest BCUT2D eigenvalue weighted by Crippen LogP contribution is -2.20. The van der Waals surface area contributed by atoms with Gasteiger partial charge in [-0.3, -0.25) is 9.59 Å². The fraction of sp³-hybridized carbons (Fsp3) is 0.143. The molecular weight excluding hydrogens is 330 g/mol. The Morgan fingerprint density at radius 2 is 1.65 bits per heavy atom. The first-order valence-corrected chi connectivity index (χ1v) is 8.21. The lowest BCUT2D eigenvalue weighted by atomic mass is 10.1. The second-order valence-corrected chi connectivity index (χ2v) is 5.80. The number of benzene rings is 3. The molecule has 0 spiro atoms. The number of amides is 1. The van der Waals surface area contributed by atoms with E-state index in [2.05, 4.69) is 10.1 Å². The number of rotatable bonds is 6. The molecule has 0 aliphatic carbocycles. The minimum atomic E-state index is -0.300. The molecule has 3 aromatic rings. The van der Waals surface area contributed by atoms with Crippen molar-refractivity contribution in [2.24, 2.45) is 0 Å². The van der Waals surface area contributed by atoms with E-state index in [9.17, 15) is 9.59 Å². The highest BCUT2D eigenvalue weighted by Gasteiger charge is 2.06. The molecule has 132 valence electrons. The molecule has 0 heterocycles. The third-order valence-electron chi connectivity index (χ3n) is 3.90. The smallest absolute Gasteiger partial charge is 0.309 e. The molecule has 0 aromatic heterocycles. The van der Waals surface area contributed by atoms with Crippen molar-refractivity contribution < 1.29 is 19.1 Å². The Kier molecular flexibility index (Phi) is 5.49. The average Bonchev–Trinajstić information content (AvgIpc) is 2.67. The van der Waals surface area contributed by atoms with Crippen LogP contribution in [0, 0.1) is 0 Å². The topological polar surface area (TPSA) is 64.6 Å². The van der Waals surface area contributed by atoms with Crippen molar-refractivity contribution in [1.29, 1.82) is 0 Å². The first-order chi connectivity index (χ1) is 12.6. The fourth-order valence-corrected chi connectivity index (χ4v) is 2.55. The molecule has 3 aromatic carbocycles.